The average molecular weight is 485 g/mol. The maximum absolute atomic E-state index is 4.59. The van der Waals surface area contributed by atoms with Crippen molar-refractivity contribution in [3.63, 3.8) is 0 Å². The second-order valence-electron chi connectivity index (χ2n) is 8.06. The summed E-state index contributed by atoms with van der Waals surface area (Å²) in [7, 11) is 0. The number of nitrogens with zero attached hydrogens (tertiary/aromatic N) is 2. The highest BCUT2D eigenvalue weighted by Gasteiger charge is 2.13. The Labute approximate surface area is 200 Å². The minimum absolute atomic E-state index is 1.11. The van der Waals surface area contributed by atoms with Crippen molar-refractivity contribution in [3.8, 4) is 19.8 Å². The summed E-state index contributed by atoms with van der Waals surface area (Å²) in [6.45, 7) is 4.22. The Morgan fingerprint density at radius 3 is 1.41 bits per heavy atom. The Morgan fingerprint density at radius 2 is 1.00 bits per heavy atom. The number of fused-ring (bicyclic) bond motifs is 5. The zero-order valence-electron chi connectivity index (χ0n) is 17.3. The number of rotatable bonds is 2. The monoisotopic (exact) mass is 484 g/mol. The van der Waals surface area contributed by atoms with Crippen LogP contribution in [0.5, 0.6) is 0 Å². The maximum atomic E-state index is 4.59. The Bertz CT molecular complexity index is 1680. The van der Waals surface area contributed by atoms with E-state index < -0.39 is 0 Å². The van der Waals surface area contributed by atoms with Gasteiger partial charge in [0.25, 0.3) is 0 Å². The third-order valence-electron chi connectivity index (χ3n) is 5.77. The molecule has 2 nitrogen and oxygen atoms in total. The number of benzene rings is 3. The lowest BCUT2D eigenvalue weighted by Gasteiger charge is -2.05. The normalized spacial score (nSPS) is 12.1. The second-order valence-corrected chi connectivity index (χ2v) is 12.7. The molecule has 0 saturated heterocycles. The molecule has 0 radical (unpaired) electrons. The average Bonchev–Trinajstić information content (AvgIpc) is 3.56. The van der Waals surface area contributed by atoms with Gasteiger partial charge in [0.05, 0.1) is 9.75 Å². The number of aryl methyl sites for hydroxylation is 2. The molecule has 154 valence electrons. The van der Waals surface area contributed by atoms with E-state index in [9.17, 15) is 0 Å². The lowest BCUT2D eigenvalue weighted by atomic mass is 10.00. The van der Waals surface area contributed by atoms with Gasteiger partial charge in [0.2, 0.25) is 0 Å². The third-order valence-corrected chi connectivity index (χ3v) is 10.1. The van der Waals surface area contributed by atoms with Crippen LogP contribution in [-0.2, 0) is 0 Å². The molecule has 0 atom stereocenters. The number of aromatic nitrogens is 2. The number of hydrogen-bond acceptors (Lipinski definition) is 6. The fraction of sp³-hybridized carbons (Fsp3) is 0.0769. The first kappa shape index (κ1) is 18.9. The molecule has 32 heavy (non-hydrogen) atoms. The van der Waals surface area contributed by atoms with Gasteiger partial charge < -0.3 is 0 Å². The Hall–Kier alpha value is -2.64. The Kier molecular flexibility index (Phi) is 4.09. The van der Waals surface area contributed by atoms with Crippen LogP contribution >= 0.6 is 45.3 Å². The first-order valence-electron chi connectivity index (χ1n) is 10.3. The molecule has 0 fully saturated rings. The fourth-order valence-corrected chi connectivity index (χ4v) is 8.08. The molecule has 0 aliphatic rings. The highest BCUT2D eigenvalue weighted by atomic mass is 32.1. The molecular weight excluding hydrogens is 469 g/mol. The lowest BCUT2D eigenvalue weighted by Crippen LogP contribution is -1.78. The van der Waals surface area contributed by atoms with Gasteiger partial charge in [0, 0.05) is 31.5 Å². The predicted octanol–water partition coefficient (Wildman–Crippen LogP) is 9.29. The van der Waals surface area contributed by atoms with Gasteiger partial charge >= 0.3 is 0 Å². The van der Waals surface area contributed by atoms with Crippen LogP contribution < -0.4 is 0 Å². The number of hydrogen-bond donors (Lipinski definition) is 0. The number of thiazole rings is 2. The summed E-state index contributed by atoms with van der Waals surface area (Å²) >= 11 is 7.20. The van der Waals surface area contributed by atoms with E-state index in [4.69, 9.17) is 0 Å². The van der Waals surface area contributed by atoms with E-state index >= 15 is 0 Å². The Balaban J connectivity index is 1.44. The largest absolute Gasteiger partial charge is 0.243 e. The van der Waals surface area contributed by atoms with Gasteiger partial charge in [-0.1, -0.05) is 12.1 Å². The zero-order valence-corrected chi connectivity index (χ0v) is 20.6. The first-order chi connectivity index (χ1) is 15.6. The molecular formula is C26H16N2S4. The van der Waals surface area contributed by atoms with Crippen molar-refractivity contribution >= 4 is 87.1 Å². The summed E-state index contributed by atoms with van der Waals surface area (Å²) in [5.74, 6) is 0. The minimum Gasteiger partial charge on any atom is -0.243 e. The summed E-state index contributed by atoms with van der Waals surface area (Å²) in [6, 6.07) is 18.5. The lowest BCUT2D eigenvalue weighted by molar-refractivity contribution is 1.39. The molecule has 0 bridgehead atoms. The molecule has 0 unspecified atom stereocenters. The highest BCUT2D eigenvalue weighted by Crippen LogP contribution is 2.41. The topological polar surface area (TPSA) is 25.8 Å². The van der Waals surface area contributed by atoms with Crippen molar-refractivity contribution in [1.82, 2.24) is 9.97 Å². The molecule has 0 aliphatic carbocycles. The van der Waals surface area contributed by atoms with E-state index in [1.165, 1.54) is 61.2 Å². The van der Waals surface area contributed by atoms with Gasteiger partial charge in [-0.3, -0.25) is 0 Å². The van der Waals surface area contributed by atoms with Gasteiger partial charge in [0.1, 0.15) is 10.0 Å². The van der Waals surface area contributed by atoms with Gasteiger partial charge in [-0.25, -0.2) is 9.97 Å². The van der Waals surface area contributed by atoms with E-state index in [0.29, 0.717) is 0 Å². The predicted molar refractivity (Wildman–Crippen MR) is 144 cm³/mol. The van der Waals surface area contributed by atoms with Gasteiger partial charge in [-0.2, -0.15) is 0 Å². The van der Waals surface area contributed by atoms with E-state index in [-0.39, 0.29) is 0 Å². The third kappa shape index (κ3) is 2.94. The van der Waals surface area contributed by atoms with Crippen molar-refractivity contribution in [2.45, 2.75) is 13.8 Å². The molecule has 7 rings (SSSR count). The van der Waals surface area contributed by atoms with E-state index in [0.717, 1.165) is 10.0 Å². The van der Waals surface area contributed by atoms with Crippen molar-refractivity contribution in [1.29, 1.82) is 0 Å². The molecule has 0 aliphatic heterocycles. The van der Waals surface area contributed by atoms with Gasteiger partial charge in [-0.05, 0) is 82.6 Å². The first-order valence-corrected chi connectivity index (χ1v) is 13.6. The molecule has 0 spiro atoms. The standard InChI is InChI=1S/C26H16N2S4/c1-13-11-27-25(29-13)23-7-17-5-15-3-4-16-6-18-8-24(26-28-12-14(2)30-26)32-22(18)10-20(16)19(15)9-21(17)31-23/h3-12H,1-2H3. The molecule has 7 aromatic rings. The summed E-state index contributed by atoms with van der Waals surface area (Å²) in [4.78, 5) is 14.2. The summed E-state index contributed by atoms with van der Waals surface area (Å²) in [6.07, 6.45) is 3.92. The number of thiophene rings is 2. The van der Waals surface area contributed by atoms with Crippen LogP contribution in [0.3, 0.4) is 0 Å². The molecule has 0 N–H and O–H groups in total. The second kappa shape index (κ2) is 6.93. The van der Waals surface area contributed by atoms with Crippen molar-refractivity contribution in [2.24, 2.45) is 0 Å². The van der Waals surface area contributed by atoms with Crippen LogP contribution in [0.25, 0.3) is 61.5 Å². The van der Waals surface area contributed by atoms with Crippen LogP contribution in [0.2, 0.25) is 0 Å². The Morgan fingerprint density at radius 1 is 0.531 bits per heavy atom. The SMILES string of the molecule is Cc1cnc(-c2cc3cc4ccc5cc6cc(-c7ncc(C)s7)sc6cc5c4cc3s2)s1. The van der Waals surface area contributed by atoms with Crippen LogP contribution in [0, 0.1) is 13.8 Å². The molecule has 3 aromatic carbocycles. The zero-order chi connectivity index (χ0) is 21.4. The minimum atomic E-state index is 1.11. The quantitative estimate of drug-likeness (QED) is 0.228. The smallest absolute Gasteiger partial charge is 0.133 e. The molecule has 4 aromatic heterocycles. The van der Waals surface area contributed by atoms with Crippen LogP contribution in [0.1, 0.15) is 9.75 Å². The van der Waals surface area contributed by atoms with Gasteiger partial charge in [0.15, 0.2) is 0 Å². The van der Waals surface area contributed by atoms with E-state index in [2.05, 4.69) is 72.3 Å². The molecule has 0 saturated carbocycles. The summed E-state index contributed by atoms with van der Waals surface area (Å²) < 4.78 is 2.64. The van der Waals surface area contributed by atoms with Gasteiger partial charge in [-0.15, -0.1) is 45.3 Å². The summed E-state index contributed by atoms with van der Waals surface area (Å²) in [5.41, 5.74) is 0. The molecule has 0 amide bonds. The van der Waals surface area contributed by atoms with E-state index in [1.54, 1.807) is 22.7 Å². The van der Waals surface area contributed by atoms with Crippen LogP contribution in [0.15, 0.2) is 60.9 Å². The van der Waals surface area contributed by atoms with Crippen molar-refractivity contribution in [2.75, 3.05) is 0 Å². The van der Waals surface area contributed by atoms with Crippen LogP contribution in [0.4, 0.5) is 0 Å². The highest BCUT2D eigenvalue weighted by molar-refractivity contribution is 7.26. The van der Waals surface area contributed by atoms with Crippen LogP contribution in [-0.4, -0.2) is 9.97 Å². The van der Waals surface area contributed by atoms with E-state index in [1.807, 2.05) is 35.1 Å². The summed E-state index contributed by atoms with van der Waals surface area (Å²) in [5, 5.41) is 10.0. The molecule has 6 heteroatoms. The molecule has 4 heterocycles. The van der Waals surface area contributed by atoms with Crippen molar-refractivity contribution in [3.05, 3.63) is 70.7 Å². The maximum Gasteiger partial charge on any atom is 0.133 e. The fourth-order valence-electron chi connectivity index (χ4n) is 4.28. The van der Waals surface area contributed by atoms with Crippen molar-refractivity contribution < 1.29 is 0 Å².